The maximum absolute atomic E-state index is 13.1. The fourth-order valence-corrected chi connectivity index (χ4v) is 1.40. The van der Waals surface area contributed by atoms with Crippen LogP contribution in [0.5, 0.6) is 0 Å². The molecule has 0 radical (unpaired) electrons. The molecule has 78 valence electrons. The van der Waals surface area contributed by atoms with Crippen LogP contribution in [0.2, 0.25) is 5.02 Å². The van der Waals surface area contributed by atoms with Gasteiger partial charge in [0.05, 0.1) is 11.1 Å². The zero-order chi connectivity index (χ0) is 10.6. The zero-order valence-corrected chi connectivity index (χ0v) is 8.72. The molecular weight excluding hydrogens is 205 g/mol. The van der Waals surface area contributed by atoms with Crippen LogP contribution in [0.1, 0.15) is 18.1 Å². The summed E-state index contributed by atoms with van der Waals surface area (Å²) in [5.41, 5.74) is 6.17. The Morgan fingerprint density at radius 3 is 2.79 bits per heavy atom. The minimum absolute atomic E-state index is 0.122. The van der Waals surface area contributed by atoms with Crippen LogP contribution in [0.3, 0.4) is 0 Å². The molecule has 0 aliphatic heterocycles. The van der Waals surface area contributed by atoms with Crippen molar-refractivity contribution in [2.45, 2.75) is 12.5 Å². The third-order valence-corrected chi connectivity index (χ3v) is 2.34. The highest BCUT2D eigenvalue weighted by Gasteiger charge is 2.11. The van der Waals surface area contributed by atoms with Crippen LogP contribution in [0.15, 0.2) is 18.2 Å². The minimum Gasteiger partial charge on any atom is -0.377 e. The third kappa shape index (κ3) is 2.67. The van der Waals surface area contributed by atoms with Crippen LogP contribution in [0.4, 0.5) is 4.39 Å². The SMILES string of the molecule is COC(CCN)c1ccc(Cl)c(F)c1. The second-order valence-corrected chi connectivity index (χ2v) is 3.38. The molecule has 0 fully saturated rings. The Labute approximate surface area is 87.8 Å². The van der Waals surface area contributed by atoms with Gasteiger partial charge in [0.25, 0.3) is 0 Å². The van der Waals surface area contributed by atoms with E-state index in [1.54, 1.807) is 13.2 Å². The Kier molecular flexibility index (Phi) is 4.32. The fraction of sp³-hybridized carbons (Fsp3) is 0.400. The van der Waals surface area contributed by atoms with Gasteiger partial charge in [-0.3, -0.25) is 0 Å². The van der Waals surface area contributed by atoms with E-state index < -0.39 is 5.82 Å². The van der Waals surface area contributed by atoms with Gasteiger partial charge < -0.3 is 10.5 Å². The number of rotatable bonds is 4. The monoisotopic (exact) mass is 217 g/mol. The number of methoxy groups -OCH3 is 1. The van der Waals surface area contributed by atoms with Crippen molar-refractivity contribution in [3.8, 4) is 0 Å². The highest BCUT2D eigenvalue weighted by atomic mass is 35.5. The fourth-order valence-electron chi connectivity index (χ4n) is 1.28. The molecular formula is C10H13ClFNO. The van der Waals surface area contributed by atoms with E-state index in [1.807, 2.05) is 0 Å². The van der Waals surface area contributed by atoms with Gasteiger partial charge in [0.1, 0.15) is 5.82 Å². The molecule has 0 aliphatic rings. The summed E-state index contributed by atoms with van der Waals surface area (Å²) in [6, 6.07) is 4.65. The molecule has 1 aromatic carbocycles. The molecule has 1 rings (SSSR count). The second kappa shape index (κ2) is 5.29. The molecule has 0 bridgehead atoms. The number of ether oxygens (including phenoxy) is 1. The van der Waals surface area contributed by atoms with E-state index in [4.69, 9.17) is 22.1 Å². The molecule has 2 nitrogen and oxygen atoms in total. The van der Waals surface area contributed by atoms with Gasteiger partial charge in [0, 0.05) is 7.11 Å². The first-order valence-corrected chi connectivity index (χ1v) is 4.74. The highest BCUT2D eigenvalue weighted by Crippen LogP contribution is 2.23. The summed E-state index contributed by atoms with van der Waals surface area (Å²) < 4.78 is 18.3. The predicted molar refractivity (Wildman–Crippen MR) is 54.8 cm³/mol. The van der Waals surface area contributed by atoms with Crippen molar-refractivity contribution in [1.29, 1.82) is 0 Å². The van der Waals surface area contributed by atoms with Gasteiger partial charge in [-0.1, -0.05) is 17.7 Å². The van der Waals surface area contributed by atoms with Crippen molar-refractivity contribution >= 4 is 11.6 Å². The number of halogens is 2. The number of nitrogens with two attached hydrogens (primary N) is 1. The van der Waals surface area contributed by atoms with E-state index in [0.717, 1.165) is 5.56 Å². The Hall–Kier alpha value is -0.640. The first kappa shape index (κ1) is 11.4. The largest absolute Gasteiger partial charge is 0.377 e. The second-order valence-electron chi connectivity index (χ2n) is 2.98. The Morgan fingerprint density at radius 2 is 2.29 bits per heavy atom. The van der Waals surface area contributed by atoms with Gasteiger partial charge >= 0.3 is 0 Å². The van der Waals surface area contributed by atoms with Crippen LogP contribution in [0, 0.1) is 5.82 Å². The number of benzene rings is 1. The molecule has 1 aromatic rings. The maximum atomic E-state index is 13.1. The molecule has 0 amide bonds. The van der Waals surface area contributed by atoms with Crippen LogP contribution < -0.4 is 5.73 Å². The van der Waals surface area contributed by atoms with Crippen LogP contribution in [-0.2, 0) is 4.74 Å². The molecule has 4 heteroatoms. The van der Waals surface area contributed by atoms with Crippen LogP contribution in [-0.4, -0.2) is 13.7 Å². The van der Waals surface area contributed by atoms with Gasteiger partial charge in [-0.05, 0) is 30.7 Å². The van der Waals surface area contributed by atoms with Crippen molar-refractivity contribution in [3.05, 3.63) is 34.6 Å². The van der Waals surface area contributed by atoms with Crippen molar-refractivity contribution in [1.82, 2.24) is 0 Å². The highest BCUT2D eigenvalue weighted by molar-refractivity contribution is 6.30. The quantitative estimate of drug-likeness (QED) is 0.841. The molecule has 2 N–H and O–H groups in total. The molecule has 0 aromatic heterocycles. The molecule has 0 aliphatic carbocycles. The third-order valence-electron chi connectivity index (χ3n) is 2.03. The average molecular weight is 218 g/mol. The standard InChI is InChI=1S/C10H13ClFNO/c1-14-10(4-5-13)7-2-3-8(11)9(12)6-7/h2-3,6,10H,4-5,13H2,1H3. The lowest BCUT2D eigenvalue weighted by atomic mass is 10.1. The van der Waals surface area contributed by atoms with E-state index in [2.05, 4.69) is 0 Å². The molecule has 0 saturated carbocycles. The van der Waals surface area contributed by atoms with E-state index in [9.17, 15) is 4.39 Å². The lowest BCUT2D eigenvalue weighted by molar-refractivity contribution is 0.0975. The van der Waals surface area contributed by atoms with Crippen molar-refractivity contribution in [3.63, 3.8) is 0 Å². The molecule has 0 spiro atoms. The first-order chi connectivity index (χ1) is 6.69. The summed E-state index contributed by atoms with van der Waals surface area (Å²) in [5.74, 6) is -0.428. The van der Waals surface area contributed by atoms with Gasteiger partial charge in [-0.2, -0.15) is 0 Å². The Balaban J connectivity index is 2.88. The number of hydrogen-bond donors (Lipinski definition) is 1. The van der Waals surface area contributed by atoms with E-state index in [1.165, 1.54) is 12.1 Å². The van der Waals surface area contributed by atoms with E-state index >= 15 is 0 Å². The summed E-state index contributed by atoms with van der Waals surface area (Å²) in [5, 5.41) is 0.122. The molecule has 1 atom stereocenters. The van der Waals surface area contributed by atoms with E-state index in [0.29, 0.717) is 13.0 Å². The summed E-state index contributed by atoms with van der Waals surface area (Å²) >= 11 is 5.57. The smallest absolute Gasteiger partial charge is 0.142 e. The van der Waals surface area contributed by atoms with Crippen LogP contribution in [0.25, 0.3) is 0 Å². The van der Waals surface area contributed by atoms with Crippen molar-refractivity contribution in [2.75, 3.05) is 13.7 Å². The molecule has 0 saturated heterocycles. The van der Waals surface area contributed by atoms with E-state index in [-0.39, 0.29) is 11.1 Å². The molecule has 1 unspecified atom stereocenters. The Morgan fingerprint density at radius 1 is 1.57 bits per heavy atom. The lowest BCUT2D eigenvalue weighted by Crippen LogP contribution is -2.09. The predicted octanol–water partition coefficient (Wildman–Crippen LogP) is 2.52. The normalized spacial score (nSPS) is 12.9. The topological polar surface area (TPSA) is 35.2 Å². The first-order valence-electron chi connectivity index (χ1n) is 4.37. The van der Waals surface area contributed by atoms with Gasteiger partial charge in [-0.15, -0.1) is 0 Å². The zero-order valence-electron chi connectivity index (χ0n) is 7.97. The summed E-state index contributed by atoms with van der Waals surface area (Å²) in [4.78, 5) is 0. The van der Waals surface area contributed by atoms with Crippen molar-refractivity contribution < 1.29 is 9.13 Å². The summed E-state index contributed by atoms with van der Waals surface area (Å²) in [6.07, 6.45) is 0.504. The summed E-state index contributed by atoms with van der Waals surface area (Å²) in [6.45, 7) is 0.503. The summed E-state index contributed by atoms with van der Waals surface area (Å²) in [7, 11) is 1.58. The molecule has 0 heterocycles. The Bertz CT molecular complexity index is 306. The van der Waals surface area contributed by atoms with Gasteiger partial charge in [0.15, 0.2) is 0 Å². The average Bonchev–Trinajstić information content (AvgIpc) is 2.19. The lowest BCUT2D eigenvalue weighted by Gasteiger charge is -2.14. The minimum atomic E-state index is -0.428. The maximum Gasteiger partial charge on any atom is 0.142 e. The van der Waals surface area contributed by atoms with Crippen LogP contribution >= 0.6 is 11.6 Å². The van der Waals surface area contributed by atoms with Gasteiger partial charge in [-0.25, -0.2) is 4.39 Å². The van der Waals surface area contributed by atoms with Crippen molar-refractivity contribution in [2.24, 2.45) is 5.73 Å². The van der Waals surface area contributed by atoms with Gasteiger partial charge in [0.2, 0.25) is 0 Å². The molecule has 14 heavy (non-hydrogen) atoms. The number of hydrogen-bond acceptors (Lipinski definition) is 2.